The summed E-state index contributed by atoms with van der Waals surface area (Å²) < 4.78 is 40.2. The molecule has 148 valence electrons. The molecule has 2 aromatic heterocycles. The van der Waals surface area contributed by atoms with Crippen LogP contribution in [0.5, 0.6) is 0 Å². The Labute approximate surface area is 160 Å². The van der Waals surface area contributed by atoms with Gasteiger partial charge in [-0.1, -0.05) is 0 Å². The molecule has 0 bridgehead atoms. The molecule has 1 amide bonds. The Bertz CT molecular complexity index is 854. The van der Waals surface area contributed by atoms with Crippen molar-refractivity contribution in [1.82, 2.24) is 19.9 Å². The van der Waals surface area contributed by atoms with E-state index in [1.54, 1.807) is 17.0 Å². The summed E-state index contributed by atoms with van der Waals surface area (Å²) in [5.41, 5.74) is -0.554. The van der Waals surface area contributed by atoms with Crippen LogP contribution < -0.4 is 4.90 Å². The maximum absolute atomic E-state index is 13.4. The Morgan fingerprint density at radius 1 is 1.11 bits per heavy atom. The molecule has 0 radical (unpaired) electrons. The smallest absolute Gasteiger partial charge is 0.355 e. The summed E-state index contributed by atoms with van der Waals surface area (Å²) in [5.74, 6) is 0.520. The standard InChI is InChI=1S/C19H20F3N5O/c20-19(21,22)15-11-16(25-17(24-15)14-3-1-6-23-12-14)26-7-2-8-27(10-9-26)18(28)13-4-5-13/h1,3,6,11-13H,2,4-5,7-10H2. The average Bonchev–Trinajstić information content (AvgIpc) is 3.54. The molecule has 0 atom stereocenters. The maximum Gasteiger partial charge on any atom is 0.433 e. The Morgan fingerprint density at radius 2 is 1.93 bits per heavy atom. The van der Waals surface area contributed by atoms with E-state index in [4.69, 9.17) is 0 Å². The molecular weight excluding hydrogens is 371 g/mol. The van der Waals surface area contributed by atoms with E-state index in [1.165, 1.54) is 12.4 Å². The largest absolute Gasteiger partial charge is 0.433 e. The molecule has 28 heavy (non-hydrogen) atoms. The van der Waals surface area contributed by atoms with E-state index in [0.717, 1.165) is 18.9 Å². The molecular formula is C19H20F3N5O. The van der Waals surface area contributed by atoms with Crippen molar-refractivity contribution in [3.05, 3.63) is 36.3 Å². The molecule has 3 heterocycles. The van der Waals surface area contributed by atoms with Crippen LogP contribution in [0, 0.1) is 5.92 Å². The highest BCUT2D eigenvalue weighted by molar-refractivity contribution is 5.81. The van der Waals surface area contributed by atoms with Crippen LogP contribution in [-0.2, 0) is 11.0 Å². The minimum absolute atomic E-state index is 0.00640. The molecule has 0 aromatic carbocycles. The van der Waals surface area contributed by atoms with Crippen molar-refractivity contribution in [2.75, 3.05) is 31.1 Å². The summed E-state index contributed by atoms with van der Waals surface area (Å²) >= 11 is 0. The van der Waals surface area contributed by atoms with Crippen LogP contribution in [0.4, 0.5) is 19.0 Å². The number of pyridine rings is 1. The number of anilines is 1. The Balaban J connectivity index is 1.62. The van der Waals surface area contributed by atoms with Crippen LogP contribution in [0.1, 0.15) is 25.0 Å². The van der Waals surface area contributed by atoms with Crippen LogP contribution in [0.3, 0.4) is 0 Å². The van der Waals surface area contributed by atoms with Crippen molar-refractivity contribution in [3.63, 3.8) is 0 Å². The first-order valence-corrected chi connectivity index (χ1v) is 9.32. The summed E-state index contributed by atoms with van der Waals surface area (Å²) in [6.45, 7) is 2.09. The fourth-order valence-corrected chi connectivity index (χ4v) is 3.32. The summed E-state index contributed by atoms with van der Waals surface area (Å²) in [5, 5.41) is 0. The predicted octanol–water partition coefficient (Wildman–Crippen LogP) is 3.01. The Hall–Kier alpha value is -2.71. The number of rotatable bonds is 3. The lowest BCUT2D eigenvalue weighted by Crippen LogP contribution is -2.36. The van der Waals surface area contributed by atoms with Crippen molar-refractivity contribution in [2.45, 2.75) is 25.4 Å². The van der Waals surface area contributed by atoms with Crippen LogP contribution in [0.25, 0.3) is 11.4 Å². The SMILES string of the molecule is O=C(C1CC1)N1CCCN(c2cc(C(F)(F)F)nc(-c3cccnc3)n2)CC1. The molecule has 1 aliphatic carbocycles. The van der Waals surface area contributed by atoms with Gasteiger partial charge >= 0.3 is 6.18 Å². The quantitative estimate of drug-likeness (QED) is 0.805. The number of amides is 1. The van der Waals surface area contributed by atoms with Gasteiger partial charge < -0.3 is 9.80 Å². The first-order chi connectivity index (χ1) is 13.4. The van der Waals surface area contributed by atoms with E-state index in [0.29, 0.717) is 38.2 Å². The number of carbonyl (C=O) groups is 1. The molecule has 2 fully saturated rings. The lowest BCUT2D eigenvalue weighted by molar-refractivity contribution is -0.141. The third kappa shape index (κ3) is 4.07. The average molecular weight is 391 g/mol. The second kappa shape index (κ2) is 7.37. The number of alkyl halides is 3. The summed E-state index contributed by atoms with van der Waals surface area (Å²) in [4.78, 5) is 27.9. The molecule has 0 unspecified atom stereocenters. The molecule has 9 heteroatoms. The van der Waals surface area contributed by atoms with Gasteiger partial charge in [0.2, 0.25) is 5.91 Å². The minimum Gasteiger partial charge on any atom is -0.355 e. The fourth-order valence-electron chi connectivity index (χ4n) is 3.32. The van der Waals surface area contributed by atoms with Gasteiger partial charge in [-0.25, -0.2) is 9.97 Å². The minimum atomic E-state index is -4.57. The molecule has 1 saturated heterocycles. The van der Waals surface area contributed by atoms with Crippen LogP contribution in [0.15, 0.2) is 30.6 Å². The zero-order valence-electron chi connectivity index (χ0n) is 15.2. The highest BCUT2D eigenvalue weighted by Gasteiger charge is 2.36. The van der Waals surface area contributed by atoms with E-state index in [-0.39, 0.29) is 23.5 Å². The van der Waals surface area contributed by atoms with E-state index in [9.17, 15) is 18.0 Å². The normalized spacial score (nSPS) is 18.1. The van der Waals surface area contributed by atoms with E-state index >= 15 is 0 Å². The second-order valence-corrected chi connectivity index (χ2v) is 7.11. The number of hydrogen-bond acceptors (Lipinski definition) is 5. The van der Waals surface area contributed by atoms with Crippen LogP contribution in [0.2, 0.25) is 0 Å². The van der Waals surface area contributed by atoms with Crippen LogP contribution in [-0.4, -0.2) is 51.9 Å². The first-order valence-electron chi connectivity index (χ1n) is 9.32. The van der Waals surface area contributed by atoms with Crippen molar-refractivity contribution in [1.29, 1.82) is 0 Å². The van der Waals surface area contributed by atoms with Crippen molar-refractivity contribution >= 4 is 11.7 Å². The molecule has 6 nitrogen and oxygen atoms in total. The summed E-state index contributed by atoms with van der Waals surface area (Å²) in [7, 11) is 0. The lowest BCUT2D eigenvalue weighted by atomic mass is 10.2. The number of carbonyl (C=O) groups excluding carboxylic acids is 1. The van der Waals surface area contributed by atoms with Gasteiger partial charge in [0.05, 0.1) is 0 Å². The third-order valence-electron chi connectivity index (χ3n) is 4.98. The predicted molar refractivity (Wildman–Crippen MR) is 96.4 cm³/mol. The number of aromatic nitrogens is 3. The van der Waals surface area contributed by atoms with Gasteiger partial charge in [0, 0.05) is 56.1 Å². The zero-order valence-corrected chi connectivity index (χ0v) is 15.2. The second-order valence-electron chi connectivity index (χ2n) is 7.11. The highest BCUT2D eigenvalue weighted by Crippen LogP contribution is 2.33. The Kier molecular flexibility index (Phi) is 4.91. The summed E-state index contributed by atoms with van der Waals surface area (Å²) in [6.07, 6.45) is 0.972. The van der Waals surface area contributed by atoms with Gasteiger partial charge in [0.1, 0.15) is 5.82 Å². The zero-order chi connectivity index (χ0) is 19.7. The third-order valence-corrected chi connectivity index (χ3v) is 4.98. The topological polar surface area (TPSA) is 62.2 Å². The fraction of sp³-hybridized carbons (Fsp3) is 0.474. The molecule has 2 aromatic rings. The molecule has 2 aliphatic rings. The highest BCUT2D eigenvalue weighted by atomic mass is 19.4. The molecule has 0 spiro atoms. The van der Waals surface area contributed by atoms with Gasteiger partial charge in [0.15, 0.2) is 11.5 Å². The number of hydrogen-bond donors (Lipinski definition) is 0. The summed E-state index contributed by atoms with van der Waals surface area (Å²) in [6, 6.07) is 4.24. The molecule has 4 rings (SSSR count). The van der Waals surface area contributed by atoms with Gasteiger partial charge in [0.25, 0.3) is 0 Å². The van der Waals surface area contributed by atoms with Crippen molar-refractivity contribution in [3.8, 4) is 11.4 Å². The van der Waals surface area contributed by atoms with E-state index in [2.05, 4.69) is 15.0 Å². The number of nitrogens with zero attached hydrogens (tertiary/aromatic N) is 5. The van der Waals surface area contributed by atoms with Gasteiger partial charge in [-0.15, -0.1) is 0 Å². The van der Waals surface area contributed by atoms with Crippen molar-refractivity contribution < 1.29 is 18.0 Å². The lowest BCUT2D eigenvalue weighted by Gasteiger charge is -2.24. The van der Waals surface area contributed by atoms with E-state index < -0.39 is 11.9 Å². The Morgan fingerprint density at radius 3 is 2.61 bits per heavy atom. The van der Waals surface area contributed by atoms with Crippen LogP contribution >= 0.6 is 0 Å². The first kappa shape index (κ1) is 18.6. The van der Waals surface area contributed by atoms with Gasteiger partial charge in [-0.2, -0.15) is 13.2 Å². The molecule has 0 N–H and O–H groups in total. The molecule has 1 saturated carbocycles. The van der Waals surface area contributed by atoms with Crippen molar-refractivity contribution in [2.24, 2.45) is 5.92 Å². The van der Waals surface area contributed by atoms with E-state index in [1.807, 2.05) is 4.90 Å². The maximum atomic E-state index is 13.4. The van der Waals surface area contributed by atoms with Gasteiger partial charge in [-0.05, 0) is 31.4 Å². The monoisotopic (exact) mass is 391 g/mol. The van der Waals surface area contributed by atoms with Gasteiger partial charge in [-0.3, -0.25) is 9.78 Å². The number of halogens is 3. The molecule has 1 aliphatic heterocycles.